The topological polar surface area (TPSA) is 96.6 Å². The zero-order chi connectivity index (χ0) is 14.8. The number of ether oxygens (including phenoxy) is 1. The van der Waals surface area contributed by atoms with Crippen molar-refractivity contribution in [2.24, 2.45) is 0 Å². The first-order chi connectivity index (χ1) is 9.46. The summed E-state index contributed by atoms with van der Waals surface area (Å²) in [6, 6.07) is 5.01. The Bertz CT molecular complexity index is 506. The zero-order valence-electron chi connectivity index (χ0n) is 11.8. The van der Waals surface area contributed by atoms with Gasteiger partial charge in [0.25, 0.3) is 5.91 Å². The maximum Gasteiger partial charge on any atom is 0.251 e. The molecule has 6 nitrogen and oxygen atoms in total. The average Bonchev–Trinajstić information content (AvgIpc) is 2.77. The Morgan fingerprint density at radius 1 is 1.60 bits per heavy atom. The fraction of sp³-hybridized carbons (Fsp3) is 0.500. The van der Waals surface area contributed by atoms with Crippen molar-refractivity contribution in [3.05, 3.63) is 23.8 Å². The molecule has 0 saturated carbocycles. The summed E-state index contributed by atoms with van der Waals surface area (Å²) in [6.07, 6.45) is 0.356. The maximum absolute atomic E-state index is 11.6. The molecule has 2 rings (SSSR count). The molecule has 0 aromatic heterocycles. The van der Waals surface area contributed by atoms with Crippen LogP contribution in [0, 0.1) is 0 Å². The lowest BCUT2D eigenvalue weighted by molar-refractivity contribution is -0.0175. The lowest BCUT2D eigenvalue weighted by atomic mass is 9.96. The van der Waals surface area contributed by atoms with Gasteiger partial charge in [-0.05, 0) is 25.1 Å². The zero-order valence-corrected chi connectivity index (χ0v) is 11.8. The summed E-state index contributed by atoms with van der Waals surface area (Å²) >= 11 is 0. The van der Waals surface area contributed by atoms with Crippen LogP contribution in [0.2, 0.25) is 0 Å². The monoisotopic (exact) mass is 279 g/mol. The van der Waals surface area contributed by atoms with Gasteiger partial charge >= 0.3 is 0 Å². The number of aliphatic hydroxyl groups is 1. The molecular formula is C14H21N3O3. The molecule has 1 fully saturated rings. The molecule has 1 heterocycles. The van der Waals surface area contributed by atoms with E-state index in [1.807, 2.05) is 6.92 Å². The minimum absolute atomic E-state index is 0.177. The van der Waals surface area contributed by atoms with Gasteiger partial charge in [0.2, 0.25) is 0 Å². The molecule has 1 aliphatic rings. The lowest BCUT2D eigenvalue weighted by Crippen LogP contribution is -2.43. The third-order valence-electron chi connectivity index (χ3n) is 3.79. The summed E-state index contributed by atoms with van der Waals surface area (Å²) in [6.45, 7) is 2.72. The van der Waals surface area contributed by atoms with E-state index in [9.17, 15) is 9.90 Å². The number of amides is 1. The minimum atomic E-state index is -0.907. The first kappa shape index (κ1) is 14.6. The van der Waals surface area contributed by atoms with Crippen LogP contribution < -0.4 is 16.4 Å². The molecule has 110 valence electrons. The molecule has 0 spiro atoms. The van der Waals surface area contributed by atoms with Crippen LogP contribution in [-0.4, -0.2) is 42.9 Å². The number of hydrogen-bond acceptors (Lipinski definition) is 5. The third-order valence-corrected chi connectivity index (χ3v) is 3.79. The first-order valence-electron chi connectivity index (χ1n) is 6.66. The van der Waals surface area contributed by atoms with Gasteiger partial charge in [-0.1, -0.05) is 0 Å². The predicted molar refractivity (Wildman–Crippen MR) is 77.7 cm³/mol. The maximum atomic E-state index is 11.6. The van der Waals surface area contributed by atoms with Gasteiger partial charge in [0.1, 0.15) is 5.60 Å². The number of carbonyl (C=O) groups is 1. The van der Waals surface area contributed by atoms with E-state index < -0.39 is 5.60 Å². The molecule has 1 saturated heterocycles. The molecule has 20 heavy (non-hydrogen) atoms. The second kappa shape index (κ2) is 5.68. The Labute approximate surface area is 118 Å². The summed E-state index contributed by atoms with van der Waals surface area (Å²) in [7, 11) is 1.58. The second-order valence-electron chi connectivity index (χ2n) is 5.10. The highest BCUT2D eigenvalue weighted by molar-refractivity contribution is 5.96. The van der Waals surface area contributed by atoms with Gasteiger partial charge in [-0.25, -0.2) is 0 Å². The molecule has 2 unspecified atom stereocenters. The van der Waals surface area contributed by atoms with E-state index in [4.69, 9.17) is 10.5 Å². The van der Waals surface area contributed by atoms with Crippen LogP contribution in [0.3, 0.4) is 0 Å². The normalized spacial score (nSPS) is 25.4. The van der Waals surface area contributed by atoms with E-state index in [2.05, 4.69) is 10.6 Å². The van der Waals surface area contributed by atoms with Crippen molar-refractivity contribution in [3.8, 4) is 0 Å². The number of rotatable bonds is 4. The highest BCUT2D eigenvalue weighted by Gasteiger charge is 2.39. The third kappa shape index (κ3) is 2.86. The summed E-state index contributed by atoms with van der Waals surface area (Å²) < 4.78 is 5.38. The molecule has 6 heteroatoms. The number of nitrogens with one attached hydrogen (secondary N) is 2. The second-order valence-corrected chi connectivity index (χ2v) is 5.10. The van der Waals surface area contributed by atoms with E-state index in [1.165, 1.54) is 0 Å². The Kier molecular flexibility index (Phi) is 4.15. The van der Waals surface area contributed by atoms with Crippen LogP contribution in [0.1, 0.15) is 23.7 Å². The predicted octanol–water partition coefficient (Wildman–Crippen LogP) is 0.580. The van der Waals surface area contributed by atoms with Crippen molar-refractivity contribution in [1.29, 1.82) is 0 Å². The molecule has 1 aromatic carbocycles. The number of carbonyl (C=O) groups excluding carboxylic acids is 1. The van der Waals surface area contributed by atoms with E-state index >= 15 is 0 Å². The average molecular weight is 279 g/mol. The van der Waals surface area contributed by atoms with Crippen molar-refractivity contribution in [1.82, 2.24) is 5.32 Å². The number of anilines is 2. The standard InChI is InChI=1S/C14H21N3O3/c1-9-14(19,5-6-20-9)8-17-12-7-10(13(18)16-2)3-4-11(12)15/h3-4,7,9,17,19H,5-6,8,15H2,1-2H3,(H,16,18). The first-order valence-corrected chi connectivity index (χ1v) is 6.66. The lowest BCUT2D eigenvalue weighted by Gasteiger charge is -2.27. The molecule has 0 bridgehead atoms. The van der Waals surface area contributed by atoms with Crippen LogP contribution in [0.25, 0.3) is 0 Å². The summed E-state index contributed by atoms with van der Waals surface area (Å²) in [5.41, 5.74) is 6.67. The molecule has 1 aliphatic heterocycles. The van der Waals surface area contributed by atoms with E-state index in [1.54, 1.807) is 25.2 Å². The van der Waals surface area contributed by atoms with Gasteiger partial charge in [-0.2, -0.15) is 0 Å². The number of hydrogen-bond donors (Lipinski definition) is 4. The Hall–Kier alpha value is -1.79. The van der Waals surface area contributed by atoms with Crippen molar-refractivity contribution in [3.63, 3.8) is 0 Å². The minimum Gasteiger partial charge on any atom is -0.397 e. The largest absolute Gasteiger partial charge is 0.397 e. The molecule has 1 amide bonds. The van der Waals surface area contributed by atoms with Crippen LogP contribution in [-0.2, 0) is 4.74 Å². The molecule has 5 N–H and O–H groups in total. The van der Waals surface area contributed by atoms with E-state index in [0.29, 0.717) is 36.5 Å². The van der Waals surface area contributed by atoms with Crippen LogP contribution in [0.4, 0.5) is 11.4 Å². The van der Waals surface area contributed by atoms with Gasteiger partial charge in [0, 0.05) is 32.2 Å². The Balaban J connectivity index is 2.11. The smallest absolute Gasteiger partial charge is 0.251 e. The van der Waals surface area contributed by atoms with E-state index in [-0.39, 0.29) is 12.0 Å². The van der Waals surface area contributed by atoms with Gasteiger partial charge in [0.05, 0.1) is 17.5 Å². The van der Waals surface area contributed by atoms with E-state index in [0.717, 1.165) is 0 Å². The number of nitrogens with two attached hydrogens (primary N) is 1. The van der Waals surface area contributed by atoms with Crippen molar-refractivity contribution < 1.29 is 14.6 Å². The SMILES string of the molecule is CNC(=O)c1ccc(N)c(NCC2(O)CCOC2C)c1. The number of benzene rings is 1. The van der Waals surface area contributed by atoms with Gasteiger partial charge < -0.3 is 26.2 Å². The van der Waals surface area contributed by atoms with Gasteiger partial charge in [0.15, 0.2) is 0 Å². The summed E-state index contributed by atoms with van der Waals surface area (Å²) in [5, 5.41) is 16.1. The molecular weight excluding hydrogens is 258 g/mol. The summed E-state index contributed by atoms with van der Waals surface area (Å²) in [5.74, 6) is -0.177. The molecule has 2 atom stereocenters. The number of nitrogen functional groups attached to an aromatic ring is 1. The molecule has 1 aromatic rings. The highest BCUT2D eigenvalue weighted by atomic mass is 16.5. The Morgan fingerprint density at radius 3 is 2.95 bits per heavy atom. The Morgan fingerprint density at radius 2 is 2.35 bits per heavy atom. The van der Waals surface area contributed by atoms with Crippen LogP contribution >= 0.6 is 0 Å². The fourth-order valence-electron chi connectivity index (χ4n) is 2.25. The van der Waals surface area contributed by atoms with Crippen molar-refractivity contribution in [2.45, 2.75) is 25.0 Å². The molecule has 0 radical (unpaired) electrons. The van der Waals surface area contributed by atoms with Gasteiger partial charge in [-0.3, -0.25) is 4.79 Å². The van der Waals surface area contributed by atoms with Crippen molar-refractivity contribution >= 4 is 17.3 Å². The highest BCUT2D eigenvalue weighted by Crippen LogP contribution is 2.27. The summed E-state index contributed by atoms with van der Waals surface area (Å²) in [4.78, 5) is 11.6. The van der Waals surface area contributed by atoms with Crippen LogP contribution in [0.15, 0.2) is 18.2 Å². The van der Waals surface area contributed by atoms with Crippen molar-refractivity contribution in [2.75, 3.05) is 31.2 Å². The fourth-order valence-corrected chi connectivity index (χ4v) is 2.25. The molecule has 0 aliphatic carbocycles. The quantitative estimate of drug-likeness (QED) is 0.605. The van der Waals surface area contributed by atoms with Crippen LogP contribution in [0.5, 0.6) is 0 Å². The van der Waals surface area contributed by atoms with Gasteiger partial charge in [-0.15, -0.1) is 0 Å².